The average Bonchev–Trinajstić information content (AvgIpc) is 2.39. The van der Waals surface area contributed by atoms with Crippen molar-refractivity contribution in [2.75, 3.05) is 5.32 Å². The monoisotopic (exact) mass is 261 g/mol. The number of para-hydroxylation sites is 1. The molecular formula is C16H17F2N. The molecule has 0 fully saturated rings. The van der Waals surface area contributed by atoms with Crippen molar-refractivity contribution in [3.63, 3.8) is 0 Å². The highest BCUT2D eigenvalue weighted by atomic mass is 19.1. The molecule has 0 aliphatic rings. The van der Waals surface area contributed by atoms with E-state index in [1.807, 2.05) is 24.3 Å². The smallest absolute Gasteiger partial charge is 0.131 e. The van der Waals surface area contributed by atoms with Crippen LogP contribution in [0, 0.1) is 11.6 Å². The van der Waals surface area contributed by atoms with Crippen molar-refractivity contribution in [1.82, 2.24) is 0 Å². The number of rotatable bonds is 4. The summed E-state index contributed by atoms with van der Waals surface area (Å²) in [5.74, 6) is -1.04. The highest BCUT2D eigenvalue weighted by molar-refractivity contribution is 5.52. The van der Waals surface area contributed by atoms with Crippen LogP contribution >= 0.6 is 0 Å². The number of anilines is 1. The van der Waals surface area contributed by atoms with E-state index in [1.54, 1.807) is 6.92 Å². The van der Waals surface area contributed by atoms with Gasteiger partial charge in [0.25, 0.3) is 0 Å². The predicted molar refractivity (Wildman–Crippen MR) is 74.2 cm³/mol. The molecule has 0 saturated heterocycles. The van der Waals surface area contributed by atoms with Crippen LogP contribution < -0.4 is 5.32 Å². The van der Waals surface area contributed by atoms with Crippen LogP contribution in [0.2, 0.25) is 0 Å². The van der Waals surface area contributed by atoms with Gasteiger partial charge in [-0.25, -0.2) is 8.78 Å². The van der Waals surface area contributed by atoms with Gasteiger partial charge in [0.2, 0.25) is 0 Å². The van der Waals surface area contributed by atoms with Gasteiger partial charge in [-0.05, 0) is 37.1 Å². The molecule has 1 N–H and O–H groups in total. The molecule has 2 aromatic rings. The van der Waals surface area contributed by atoms with Gasteiger partial charge in [0, 0.05) is 11.3 Å². The summed E-state index contributed by atoms with van der Waals surface area (Å²) in [6.07, 6.45) is 0.871. The van der Waals surface area contributed by atoms with Crippen LogP contribution in [0.4, 0.5) is 14.5 Å². The topological polar surface area (TPSA) is 12.0 Å². The Hall–Kier alpha value is -1.90. The highest BCUT2D eigenvalue weighted by Crippen LogP contribution is 2.26. The van der Waals surface area contributed by atoms with Crippen LogP contribution in [0.3, 0.4) is 0 Å². The van der Waals surface area contributed by atoms with Crippen molar-refractivity contribution in [2.45, 2.75) is 26.3 Å². The first kappa shape index (κ1) is 13.5. The summed E-state index contributed by atoms with van der Waals surface area (Å²) in [5.41, 5.74) is 2.12. The first-order valence-electron chi connectivity index (χ1n) is 6.41. The number of hydrogen-bond donors (Lipinski definition) is 1. The summed E-state index contributed by atoms with van der Waals surface area (Å²) < 4.78 is 27.4. The van der Waals surface area contributed by atoms with Gasteiger partial charge in [-0.1, -0.05) is 31.2 Å². The van der Waals surface area contributed by atoms with Crippen molar-refractivity contribution in [3.05, 3.63) is 65.2 Å². The lowest BCUT2D eigenvalue weighted by atomic mass is 10.0. The van der Waals surface area contributed by atoms with Gasteiger partial charge < -0.3 is 5.32 Å². The zero-order valence-corrected chi connectivity index (χ0v) is 11.1. The molecule has 0 bridgehead atoms. The lowest BCUT2D eigenvalue weighted by Gasteiger charge is -2.19. The van der Waals surface area contributed by atoms with E-state index in [0.717, 1.165) is 17.7 Å². The molecule has 0 aromatic heterocycles. The molecule has 0 spiro atoms. The minimum Gasteiger partial charge on any atom is -0.378 e. The first-order valence-corrected chi connectivity index (χ1v) is 6.41. The first-order chi connectivity index (χ1) is 9.13. The molecule has 1 nitrogen and oxygen atoms in total. The van der Waals surface area contributed by atoms with E-state index in [2.05, 4.69) is 12.2 Å². The maximum atomic E-state index is 13.7. The predicted octanol–water partition coefficient (Wildman–Crippen LogP) is 4.70. The lowest BCUT2D eigenvalue weighted by Crippen LogP contribution is -2.12. The summed E-state index contributed by atoms with van der Waals surface area (Å²) in [5, 5.41) is 3.18. The molecule has 2 aromatic carbocycles. The van der Waals surface area contributed by atoms with Gasteiger partial charge in [-0.15, -0.1) is 0 Å². The Bertz CT molecular complexity index is 546. The molecule has 1 unspecified atom stereocenters. The van der Waals surface area contributed by atoms with Gasteiger partial charge in [-0.3, -0.25) is 0 Å². The van der Waals surface area contributed by atoms with Crippen molar-refractivity contribution < 1.29 is 8.78 Å². The molecule has 0 radical (unpaired) electrons. The van der Waals surface area contributed by atoms with Gasteiger partial charge in [0.15, 0.2) is 0 Å². The average molecular weight is 261 g/mol. The van der Waals surface area contributed by atoms with Crippen LogP contribution in [-0.2, 0) is 6.42 Å². The van der Waals surface area contributed by atoms with E-state index in [0.29, 0.717) is 0 Å². The number of benzene rings is 2. The second kappa shape index (κ2) is 5.83. The van der Waals surface area contributed by atoms with E-state index < -0.39 is 17.7 Å². The van der Waals surface area contributed by atoms with Crippen LogP contribution in [0.1, 0.15) is 31.0 Å². The van der Waals surface area contributed by atoms with E-state index >= 15 is 0 Å². The quantitative estimate of drug-likeness (QED) is 0.841. The van der Waals surface area contributed by atoms with Gasteiger partial charge in [-0.2, -0.15) is 0 Å². The van der Waals surface area contributed by atoms with Crippen molar-refractivity contribution in [2.24, 2.45) is 0 Å². The molecule has 100 valence electrons. The Kier molecular flexibility index (Phi) is 4.15. The second-order valence-electron chi connectivity index (χ2n) is 4.51. The highest BCUT2D eigenvalue weighted by Gasteiger charge is 2.16. The van der Waals surface area contributed by atoms with Gasteiger partial charge in [0.1, 0.15) is 11.6 Å². The summed E-state index contributed by atoms with van der Waals surface area (Å²) >= 11 is 0. The second-order valence-corrected chi connectivity index (χ2v) is 4.51. The summed E-state index contributed by atoms with van der Waals surface area (Å²) in [6.45, 7) is 3.81. The lowest BCUT2D eigenvalue weighted by molar-refractivity contribution is 0.544. The molecule has 0 heterocycles. The maximum absolute atomic E-state index is 13.7. The van der Waals surface area contributed by atoms with Crippen LogP contribution in [-0.4, -0.2) is 0 Å². The fourth-order valence-electron chi connectivity index (χ4n) is 2.20. The molecule has 0 saturated carbocycles. The standard InChI is InChI=1S/C16H17F2N/c1-3-12-7-4-5-10-15(12)19-11(2)16-13(17)8-6-9-14(16)18/h4-11,19H,3H2,1-2H3. The molecule has 0 aliphatic carbocycles. The van der Waals surface area contributed by atoms with E-state index in [9.17, 15) is 8.78 Å². The zero-order chi connectivity index (χ0) is 13.8. The van der Waals surface area contributed by atoms with Crippen molar-refractivity contribution in [1.29, 1.82) is 0 Å². The molecule has 0 aliphatic heterocycles. The number of nitrogens with one attached hydrogen (secondary N) is 1. The van der Waals surface area contributed by atoms with E-state index in [1.165, 1.54) is 18.2 Å². The summed E-state index contributed by atoms with van der Waals surface area (Å²) in [7, 11) is 0. The minimum atomic E-state index is -0.519. The largest absolute Gasteiger partial charge is 0.378 e. The Balaban J connectivity index is 2.28. The van der Waals surface area contributed by atoms with Crippen LogP contribution in [0.5, 0.6) is 0 Å². The number of hydrogen-bond acceptors (Lipinski definition) is 1. The Morgan fingerprint density at radius 2 is 1.63 bits per heavy atom. The Morgan fingerprint density at radius 3 is 2.26 bits per heavy atom. The molecule has 0 amide bonds. The fourth-order valence-corrected chi connectivity index (χ4v) is 2.20. The Morgan fingerprint density at radius 1 is 1.00 bits per heavy atom. The van der Waals surface area contributed by atoms with E-state index in [4.69, 9.17) is 0 Å². The summed E-state index contributed by atoms with van der Waals surface area (Å²) in [4.78, 5) is 0. The van der Waals surface area contributed by atoms with Gasteiger partial charge >= 0.3 is 0 Å². The minimum absolute atomic E-state index is 0.0772. The molecule has 19 heavy (non-hydrogen) atoms. The van der Waals surface area contributed by atoms with Crippen molar-refractivity contribution in [3.8, 4) is 0 Å². The number of halogens is 2. The SMILES string of the molecule is CCc1ccccc1NC(C)c1c(F)cccc1F. The third kappa shape index (κ3) is 2.92. The van der Waals surface area contributed by atoms with Gasteiger partial charge in [0.05, 0.1) is 6.04 Å². The Labute approximate surface area is 112 Å². The van der Waals surface area contributed by atoms with Crippen molar-refractivity contribution >= 4 is 5.69 Å². The van der Waals surface area contributed by atoms with Crippen LogP contribution in [0.15, 0.2) is 42.5 Å². The molecule has 2 rings (SSSR count). The summed E-state index contributed by atoms with van der Waals surface area (Å²) in [6, 6.07) is 11.3. The fraction of sp³-hybridized carbons (Fsp3) is 0.250. The normalized spacial score (nSPS) is 12.2. The third-order valence-electron chi connectivity index (χ3n) is 3.20. The molecule has 1 atom stereocenters. The molecular weight excluding hydrogens is 244 g/mol. The van der Waals surface area contributed by atoms with E-state index in [-0.39, 0.29) is 5.56 Å². The third-order valence-corrected chi connectivity index (χ3v) is 3.20. The zero-order valence-electron chi connectivity index (χ0n) is 11.1. The van der Waals surface area contributed by atoms with Crippen LogP contribution in [0.25, 0.3) is 0 Å². The molecule has 3 heteroatoms. The number of aryl methyl sites for hydroxylation is 1. The maximum Gasteiger partial charge on any atom is 0.131 e.